The summed E-state index contributed by atoms with van der Waals surface area (Å²) in [5.41, 5.74) is 9.06. The average molecular weight is 390 g/mol. The molecular formula is C21H28ClN3O2. The van der Waals surface area contributed by atoms with Gasteiger partial charge in [0.25, 0.3) is 0 Å². The molecule has 0 saturated heterocycles. The maximum atomic E-state index is 12.4. The van der Waals surface area contributed by atoms with Gasteiger partial charge in [-0.3, -0.25) is 9.59 Å². The Morgan fingerprint density at radius 2 is 1.63 bits per heavy atom. The summed E-state index contributed by atoms with van der Waals surface area (Å²) in [7, 11) is 1.73. The predicted octanol–water partition coefficient (Wildman–Crippen LogP) is 2.83. The summed E-state index contributed by atoms with van der Waals surface area (Å²) in [5, 5.41) is 2.62. The second-order valence-electron chi connectivity index (χ2n) is 6.76. The first-order valence-electron chi connectivity index (χ1n) is 8.80. The van der Waals surface area contributed by atoms with Gasteiger partial charge < -0.3 is 16.0 Å². The van der Waals surface area contributed by atoms with Crippen LogP contribution >= 0.6 is 12.4 Å². The highest BCUT2D eigenvalue weighted by atomic mass is 35.5. The zero-order valence-electron chi connectivity index (χ0n) is 16.0. The van der Waals surface area contributed by atoms with Crippen LogP contribution in [0.1, 0.15) is 19.4 Å². The zero-order chi connectivity index (χ0) is 19.1. The molecule has 1 atom stereocenters. The number of hydrogen-bond donors (Lipinski definition) is 2. The second kappa shape index (κ2) is 10.7. The second-order valence-corrected chi connectivity index (χ2v) is 6.76. The highest BCUT2D eigenvalue weighted by Gasteiger charge is 2.19. The molecule has 0 unspecified atom stereocenters. The van der Waals surface area contributed by atoms with E-state index in [1.807, 2.05) is 68.4 Å². The van der Waals surface area contributed by atoms with Crippen molar-refractivity contribution < 1.29 is 9.59 Å². The molecule has 0 aliphatic carbocycles. The first kappa shape index (κ1) is 22.7. The van der Waals surface area contributed by atoms with Crippen molar-refractivity contribution in [1.82, 2.24) is 10.2 Å². The standard InChI is InChI=1S/C21H27N3O2.ClH/c1-15(2)20(22)21(26)23-13-19(25)24(3)14-17-11-7-8-12-18(17)16-9-5-4-6-10-16;/h4-12,15,20H,13-14,22H2,1-3H3,(H,23,26);1H/t20-;/m0./s1. The third-order valence-corrected chi connectivity index (χ3v) is 4.37. The molecule has 2 aromatic carbocycles. The fourth-order valence-electron chi connectivity index (χ4n) is 2.62. The number of nitrogens with two attached hydrogens (primary N) is 1. The van der Waals surface area contributed by atoms with Crippen LogP contribution in [0.5, 0.6) is 0 Å². The van der Waals surface area contributed by atoms with Gasteiger partial charge in [-0.15, -0.1) is 12.4 Å². The Morgan fingerprint density at radius 3 is 2.26 bits per heavy atom. The van der Waals surface area contributed by atoms with Crippen LogP contribution in [0.3, 0.4) is 0 Å². The molecule has 6 heteroatoms. The molecule has 2 rings (SSSR count). The molecule has 2 amide bonds. The summed E-state index contributed by atoms with van der Waals surface area (Å²) in [6.07, 6.45) is 0. The van der Waals surface area contributed by atoms with Crippen molar-refractivity contribution in [3.63, 3.8) is 0 Å². The fraction of sp³-hybridized carbons (Fsp3) is 0.333. The number of rotatable bonds is 7. The van der Waals surface area contributed by atoms with Crippen LogP contribution in [0, 0.1) is 5.92 Å². The molecule has 0 fully saturated rings. The van der Waals surface area contributed by atoms with E-state index in [-0.39, 0.29) is 36.7 Å². The number of halogens is 1. The van der Waals surface area contributed by atoms with Crippen molar-refractivity contribution >= 4 is 24.2 Å². The van der Waals surface area contributed by atoms with Gasteiger partial charge in [0.15, 0.2) is 0 Å². The van der Waals surface area contributed by atoms with Crippen LogP contribution in [0.15, 0.2) is 54.6 Å². The van der Waals surface area contributed by atoms with Crippen molar-refractivity contribution in [2.24, 2.45) is 11.7 Å². The molecule has 27 heavy (non-hydrogen) atoms. The van der Waals surface area contributed by atoms with Gasteiger partial charge in [-0.1, -0.05) is 68.4 Å². The van der Waals surface area contributed by atoms with Gasteiger partial charge in [-0.2, -0.15) is 0 Å². The molecule has 0 aliphatic heterocycles. The van der Waals surface area contributed by atoms with Gasteiger partial charge in [0.1, 0.15) is 0 Å². The van der Waals surface area contributed by atoms with E-state index in [9.17, 15) is 9.59 Å². The summed E-state index contributed by atoms with van der Waals surface area (Å²) >= 11 is 0. The topological polar surface area (TPSA) is 75.4 Å². The van der Waals surface area contributed by atoms with Crippen molar-refractivity contribution in [2.45, 2.75) is 26.4 Å². The summed E-state index contributed by atoms with van der Waals surface area (Å²) in [5.74, 6) is -0.427. The third kappa shape index (κ3) is 6.38. The quantitative estimate of drug-likeness (QED) is 0.764. The van der Waals surface area contributed by atoms with E-state index in [1.54, 1.807) is 11.9 Å². The molecule has 0 aromatic heterocycles. The number of hydrogen-bond acceptors (Lipinski definition) is 3. The molecule has 0 aliphatic rings. The van der Waals surface area contributed by atoms with Crippen LogP contribution in [0.2, 0.25) is 0 Å². The Balaban J connectivity index is 0.00000364. The number of nitrogens with one attached hydrogen (secondary N) is 1. The Hall–Kier alpha value is -2.37. The number of nitrogens with zero attached hydrogens (tertiary/aromatic N) is 1. The number of carbonyl (C=O) groups is 2. The lowest BCUT2D eigenvalue weighted by Crippen LogP contribution is -2.47. The summed E-state index contributed by atoms with van der Waals surface area (Å²) in [6, 6.07) is 17.5. The van der Waals surface area contributed by atoms with Crippen molar-refractivity contribution in [3.8, 4) is 11.1 Å². The van der Waals surface area contributed by atoms with E-state index >= 15 is 0 Å². The number of likely N-dealkylation sites (N-methyl/N-ethyl adjacent to an activating group) is 1. The van der Waals surface area contributed by atoms with Gasteiger partial charge >= 0.3 is 0 Å². The molecule has 0 saturated carbocycles. The highest BCUT2D eigenvalue weighted by Crippen LogP contribution is 2.24. The minimum Gasteiger partial charge on any atom is -0.346 e. The third-order valence-electron chi connectivity index (χ3n) is 4.37. The first-order chi connectivity index (χ1) is 12.4. The number of amides is 2. The first-order valence-corrected chi connectivity index (χ1v) is 8.80. The average Bonchev–Trinajstić information content (AvgIpc) is 2.66. The molecule has 3 N–H and O–H groups in total. The van der Waals surface area contributed by atoms with Crippen molar-refractivity contribution in [1.29, 1.82) is 0 Å². The minimum absolute atomic E-state index is 0. The molecule has 0 spiro atoms. The molecule has 2 aromatic rings. The van der Waals surface area contributed by atoms with E-state index in [0.717, 1.165) is 16.7 Å². The van der Waals surface area contributed by atoms with Gasteiger partial charge in [0.05, 0.1) is 12.6 Å². The molecule has 5 nitrogen and oxygen atoms in total. The van der Waals surface area contributed by atoms with E-state index < -0.39 is 6.04 Å². The van der Waals surface area contributed by atoms with Crippen molar-refractivity contribution in [3.05, 3.63) is 60.2 Å². The van der Waals surface area contributed by atoms with Crippen LogP contribution < -0.4 is 11.1 Å². The predicted molar refractivity (Wildman–Crippen MR) is 111 cm³/mol. The van der Waals surface area contributed by atoms with Crippen LogP contribution in [-0.2, 0) is 16.1 Å². The summed E-state index contributed by atoms with van der Waals surface area (Å²) < 4.78 is 0. The summed E-state index contributed by atoms with van der Waals surface area (Å²) in [4.78, 5) is 25.9. The molecular weight excluding hydrogens is 362 g/mol. The largest absolute Gasteiger partial charge is 0.346 e. The molecule has 0 radical (unpaired) electrons. The number of benzene rings is 2. The van der Waals surface area contributed by atoms with E-state index in [0.29, 0.717) is 6.54 Å². The Bertz CT molecular complexity index is 750. The maximum Gasteiger partial charge on any atom is 0.242 e. The van der Waals surface area contributed by atoms with Gasteiger partial charge in [-0.05, 0) is 22.6 Å². The normalized spacial score (nSPS) is 11.4. The van der Waals surface area contributed by atoms with Gasteiger partial charge in [0, 0.05) is 13.6 Å². The zero-order valence-corrected chi connectivity index (χ0v) is 16.8. The van der Waals surface area contributed by atoms with Crippen LogP contribution in [0.25, 0.3) is 11.1 Å². The van der Waals surface area contributed by atoms with E-state index in [2.05, 4.69) is 5.32 Å². The Morgan fingerprint density at radius 1 is 1.04 bits per heavy atom. The van der Waals surface area contributed by atoms with Crippen LogP contribution in [-0.4, -0.2) is 36.3 Å². The molecule has 0 bridgehead atoms. The van der Waals surface area contributed by atoms with E-state index in [1.165, 1.54) is 0 Å². The van der Waals surface area contributed by atoms with Gasteiger partial charge in [-0.25, -0.2) is 0 Å². The lowest BCUT2D eigenvalue weighted by molar-refractivity contribution is -0.132. The van der Waals surface area contributed by atoms with E-state index in [4.69, 9.17) is 5.73 Å². The smallest absolute Gasteiger partial charge is 0.242 e. The lowest BCUT2D eigenvalue weighted by Gasteiger charge is -2.21. The Labute approximate surface area is 167 Å². The fourth-order valence-corrected chi connectivity index (χ4v) is 2.62. The van der Waals surface area contributed by atoms with Gasteiger partial charge in [0.2, 0.25) is 11.8 Å². The maximum absolute atomic E-state index is 12.4. The molecule has 0 heterocycles. The molecule has 146 valence electrons. The minimum atomic E-state index is -0.605. The summed E-state index contributed by atoms with van der Waals surface area (Å²) in [6.45, 7) is 4.16. The van der Waals surface area contributed by atoms with Crippen molar-refractivity contribution in [2.75, 3.05) is 13.6 Å². The monoisotopic (exact) mass is 389 g/mol. The number of carbonyl (C=O) groups excluding carboxylic acids is 2. The lowest BCUT2D eigenvalue weighted by atomic mass is 9.99. The highest BCUT2D eigenvalue weighted by molar-refractivity contribution is 5.87. The SMILES string of the molecule is CC(C)[C@H](N)C(=O)NCC(=O)N(C)Cc1ccccc1-c1ccccc1.Cl. The Kier molecular flexibility index (Phi) is 8.98. The van der Waals surface area contributed by atoms with Crippen LogP contribution in [0.4, 0.5) is 0 Å².